The highest BCUT2D eigenvalue weighted by Gasteiger charge is 2.28. The van der Waals surface area contributed by atoms with Crippen LogP contribution in [0, 0.1) is 11.8 Å². The zero-order chi connectivity index (χ0) is 23.4. The van der Waals surface area contributed by atoms with Crippen LogP contribution in [0.4, 0.5) is 4.79 Å². The van der Waals surface area contributed by atoms with Crippen LogP contribution in [0.15, 0.2) is 30.3 Å². The van der Waals surface area contributed by atoms with E-state index < -0.39 is 36.0 Å². The zero-order valence-corrected chi connectivity index (χ0v) is 19.0. The maximum absolute atomic E-state index is 12.9. The minimum absolute atomic E-state index is 0.0880. The van der Waals surface area contributed by atoms with Gasteiger partial charge in [-0.1, -0.05) is 58.0 Å². The lowest BCUT2D eigenvalue weighted by molar-refractivity contribution is -0.131. The van der Waals surface area contributed by atoms with E-state index in [1.54, 1.807) is 6.92 Å². The van der Waals surface area contributed by atoms with Gasteiger partial charge in [0, 0.05) is 0 Å². The number of rotatable bonds is 12. The molecule has 1 aromatic carbocycles. The number of hydrogen-bond acceptors (Lipinski definition) is 5. The van der Waals surface area contributed by atoms with E-state index in [0.717, 1.165) is 5.56 Å². The van der Waals surface area contributed by atoms with Gasteiger partial charge >= 0.3 is 6.09 Å². The highest BCUT2D eigenvalue weighted by molar-refractivity contribution is 5.92. The molecule has 8 heteroatoms. The third kappa shape index (κ3) is 10.6. The van der Waals surface area contributed by atoms with Crippen LogP contribution in [0.1, 0.15) is 53.0 Å². The molecule has 0 aliphatic carbocycles. The second-order valence-electron chi connectivity index (χ2n) is 8.51. The van der Waals surface area contributed by atoms with Crippen molar-refractivity contribution in [1.29, 1.82) is 0 Å². The fourth-order valence-corrected chi connectivity index (χ4v) is 2.94. The highest BCUT2D eigenvalue weighted by atomic mass is 16.5. The molecule has 0 saturated heterocycles. The molecule has 0 radical (unpaired) electrons. The Balaban J connectivity index is 2.79. The van der Waals surface area contributed by atoms with E-state index in [1.807, 2.05) is 58.0 Å². The van der Waals surface area contributed by atoms with Crippen LogP contribution in [0.25, 0.3) is 0 Å². The smallest absolute Gasteiger partial charge is 0.408 e. The van der Waals surface area contributed by atoms with Gasteiger partial charge in [0.2, 0.25) is 11.8 Å². The molecular formula is C23H35N3O5. The SMILES string of the molecule is CC(C)C[C@H](NC(=O)OCc1ccccc1)C(=O)N[C@@H](CC(C)C)C(=O)N[C@@H](C)C=O. The second kappa shape index (κ2) is 13.4. The summed E-state index contributed by atoms with van der Waals surface area (Å²) in [4.78, 5) is 48.5. The predicted molar refractivity (Wildman–Crippen MR) is 118 cm³/mol. The molecule has 172 valence electrons. The highest BCUT2D eigenvalue weighted by Crippen LogP contribution is 2.10. The first kappa shape index (κ1) is 26.1. The maximum atomic E-state index is 12.9. The molecule has 1 rings (SSSR count). The van der Waals surface area contributed by atoms with Crippen molar-refractivity contribution >= 4 is 24.2 Å². The van der Waals surface area contributed by atoms with Crippen molar-refractivity contribution in [3.05, 3.63) is 35.9 Å². The van der Waals surface area contributed by atoms with Crippen LogP contribution in [-0.4, -0.2) is 42.3 Å². The van der Waals surface area contributed by atoms with E-state index in [2.05, 4.69) is 16.0 Å². The number of hydrogen-bond donors (Lipinski definition) is 3. The lowest BCUT2D eigenvalue weighted by Crippen LogP contribution is -2.55. The average molecular weight is 434 g/mol. The van der Waals surface area contributed by atoms with E-state index in [1.165, 1.54) is 0 Å². The molecule has 0 heterocycles. The van der Waals surface area contributed by atoms with Crippen molar-refractivity contribution in [2.24, 2.45) is 11.8 Å². The maximum Gasteiger partial charge on any atom is 0.408 e. The molecule has 3 amide bonds. The number of alkyl carbamates (subject to hydrolysis) is 1. The van der Waals surface area contributed by atoms with E-state index >= 15 is 0 Å². The fraction of sp³-hybridized carbons (Fsp3) is 0.565. The molecule has 0 bridgehead atoms. The van der Waals surface area contributed by atoms with Crippen LogP contribution in [0.5, 0.6) is 0 Å². The molecule has 8 nitrogen and oxygen atoms in total. The van der Waals surface area contributed by atoms with Crippen molar-refractivity contribution in [3.63, 3.8) is 0 Å². The summed E-state index contributed by atoms with van der Waals surface area (Å²) in [5.74, 6) is -0.644. The first-order valence-electron chi connectivity index (χ1n) is 10.7. The largest absolute Gasteiger partial charge is 0.445 e. The summed E-state index contributed by atoms with van der Waals surface area (Å²) in [5.41, 5.74) is 0.834. The monoisotopic (exact) mass is 433 g/mol. The molecule has 0 aliphatic heterocycles. The summed E-state index contributed by atoms with van der Waals surface area (Å²) in [6.45, 7) is 9.37. The third-order valence-corrected chi connectivity index (χ3v) is 4.44. The summed E-state index contributed by atoms with van der Waals surface area (Å²) in [7, 11) is 0. The van der Waals surface area contributed by atoms with Crippen molar-refractivity contribution in [2.45, 2.75) is 72.2 Å². The van der Waals surface area contributed by atoms with Gasteiger partial charge in [0.25, 0.3) is 0 Å². The molecule has 0 aliphatic rings. The Morgan fingerprint density at radius 3 is 1.87 bits per heavy atom. The van der Waals surface area contributed by atoms with Crippen molar-refractivity contribution in [2.75, 3.05) is 0 Å². The van der Waals surface area contributed by atoms with Crippen LogP contribution < -0.4 is 16.0 Å². The summed E-state index contributed by atoms with van der Waals surface area (Å²) in [6, 6.07) is 6.90. The topological polar surface area (TPSA) is 114 Å². The molecule has 31 heavy (non-hydrogen) atoms. The summed E-state index contributed by atoms with van der Waals surface area (Å²) in [6.07, 6.45) is 0.699. The van der Waals surface area contributed by atoms with Crippen molar-refractivity contribution in [1.82, 2.24) is 16.0 Å². The van der Waals surface area contributed by atoms with Crippen LogP contribution >= 0.6 is 0 Å². The number of ether oxygens (including phenoxy) is 1. The molecule has 0 saturated carbocycles. The lowest BCUT2D eigenvalue weighted by Gasteiger charge is -2.25. The van der Waals surface area contributed by atoms with E-state index in [9.17, 15) is 19.2 Å². The summed E-state index contributed by atoms with van der Waals surface area (Å²) in [5, 5.41) is 7.90. The summed E-state index contributed by atoms with van der Waals surface area (Å²) < 4.78 is 5.23. The van der Waals surface area contributed by atoms with Gasteiger partial charge in [-0.3, -0.25) is 9.59 Å². The van der Waals surface area contributed by atoms with Gasteiger partial charge in [-0.25, -0.2) is 4.79 Å². The lowest BCUT2D eigenvalue weighted by atomic mass is 10.00. The van der Waals surface area contributed by atoms with Gasteiger partial charge in [-0.05, 0) is 37.2 Å². The average Bonchev–Trinajstić information content (AvgIpc) is 2.71. The second-order valence-corrected chi connectivity index (χ2v) is 8.51. The predicted octanol–water partition coefficient (Wildman–Crippen LogP) is 2.56. The standard InChI is InChI=1S/C23H35N3O5/c1-15(2)11-19(21(28)24-17(5)13-27)25-22(29)20(12-16(3)4)26-23(30)31-14-18-9-7-6-8-10-18/h6-10,13,15-17,19-20H,11-12,14H2,1-5H3,(H,24,28)(H,25,29)(H,26,30)/t17-,19-,20-/m0/s1. The van der Waals surface area contributed by atoms with Crippen LogP contribution in [0.2, 0.25) is 0 Å². The van der Waals surface area contributed by atoms with Gasteiger partial charge < -0.3 is 25.5 Å². The Morgan fingerprint density at radius 1 is 0.839 bits per heavy atom. The molecule has 0 spiro atoms. The minimum atomic E-state index is -0.853. The van der Waals surface area contributed by atoms with Gasteiger partial charge in [0.1, 0.15) is 25.0 Å². The van der Waals surface area contributed by atoms with Crippen molar-refractivity contribution < 1.29 is 23.9 Å². The van der Waals surface area contributed by atoms with Crippen LogP contribution in [-0.2, 0) is 25.7 Å². The molecule has 0 unspecified atom stereocenters. The first-order valence-corrected chi connectivity index (χ1v) is 10.7. The Kier molecular flexibility index (Phi) is 11.3. The van der Waals surface area contributed by atoms with E-state index in [-0.39, 0.29) is 18.4 Å². The van der Waals surface area contributed by atoms with Gasteiger partial charge in [-0.2, -0.15) is 0 Å². The molecular weight excluding hydrogens is 398 g/mol. The number of benzene rings is 1. The number of nitrogens with one attached hydrogen (secondary N) is 3. The number of carbonyl (C=O) groups excluding carboxylic acids is 4. The number of amides is 3. The Hall–Kier alpha value is -2.90. The molecule has 3 atom stereocenters. The third-order valence-electron chi connectivity index (χ3n) is 4.44. The molecule has 0 fully saturated rings. The molecule has 3 N–H and O–H groups in total. The van der Waals surface area contributed by atoms with E-state index in [0.29, 0.717) is 19.1 Å². The molecule has 1 aromatic rings. The minimum Gasteiger partial charge on any atom is -0.445 e. The van der Waals surface area contributed by atoms with Crippen molar-refractivity contribution in [3.8, 4) is 0 Å². The van der Waals surface area contributed by atoms with Gasteiger partial charge in [0.15, 0.2) is 0 Å². The first-order chi connectivity index (χ1) is 14.6. The number of aldehydes is 1. The number of carbonyl (C=O) groups is 4. The van der Waals surface area contributed by atoms with E-state index in [4.69, 9.17) is 4.74 Å². The Bertz CT molecular complexity index is 721. The van der Waals surface area contributed by atoms with Gasteiger partial charge in [0.05, 0.1) is 6.04 Å². The normalized spacial score (nSPS) is 13.8. The fourth-order valence-electron chi connectivity index (χ4n) is 2.94. The Labute approximate surface area is 184 Å². The summed E-state index contributed by atoms with van der Waals surface area (Å²) >= 11 is 0. The van der Waals surface area contributed by atoms with Crippen LogP contribution in [0.3, 0.4) is 0 Å². The Morgan fingerprint density at radius 2 is 1.35 bits per heavy atom. The quantitative estimate of drug-likeness (QED) is 0.439. The molecule has 0 aromatic heterocycles. The zero-order valence-electron chi connectivity index (χ0n) is 19.0. The van der Waals surface area contributed by atoms with Gasteiger partial charge in [-0.15, -0.1) is 0 Å².